The van der Waals surface area contributed by atoms with Gasteiger partial charge >= 0.3 is 6.18 Å². The highest BCUT2D eigenvalue weighted by Crippen LogP contribution is 2.36. The molecule has 1 aliphatic rings. The normalized spacial score (nSPS) is 14.5. The molecule has 1 heterocycles. The number of benzene rings is 1. The Balaban J connectivity index is 2.10. The molecule has 19 heavy (non-hydrogen) atoms. The van der Waals surface area contributed by atoms with E-state index in [0.29, 0.717) is 24.7 Å². The first-order valence-corrected chi connectivity index (χ1v) is 6.96. The Morgan fingerprint density at radius 1 is 1.21 bits per heavy atom. The number of hydrogen-bond acceptors (Lipinski definition) is 4. The topological polar surface area (TPSA) is 30.5 Å². The van der Waals surface area contributed by atoms with Crippen molar-refractivity contribution in [3.05, 3.63) is 17.7 Å². The maximum atomic E-state index is 12.1. The predicted molar refractivity (Wildman–Crippen MR) is 67.0 cm³/mol. The molecule has 106 valence electrons. The fourth-order valence-corrected chi connectivity index (χ4v) is 2.40. The van der Waals surface area contributed by atoms with Crippen molar-refractivity contribution in [1.82, 2.24) is 5.32 Å². The first-order chi connectivity index (χ1) is 8.99. The predicted octanol–water partition coefficient (Wildman–Crippen LogP) is 2.83. The van der Waals surface area contributed by atoms with Crippen LogP contribution in [0.25, 0.3) is 0 Å². The molecule has 1 aliphatic heterocycles. The number of halogens is 3. The summed E-state index contributed by atoms with van der Waals surface area (Å²) in [4.78, 5) is 0.888. The summed E-state index contributed by atoms with van der Waals surface area (Å²) in [5, 5.41) is 2.39. The van der Waals surface area contributed by atoms with Gasteiger partial charge in [0.15, 0.2) is 11.5 Å². The number of thioether (sulfide) groups is 1. The summed E-state index contributed by atoms with van der Waals surface area (Å²) in [6.07, 6.45) is -2.33. The Bertz CT molecular complexity index is 451. The average Bonchev–Trinajstić information content (AvgIpc) is 2.36. The van der Waals surface area contributed by atoms with E-state index >= 15 is 0 Å². The third kappa shape index (κ3) is 3.94. The lowest BCUT2D eigenvalue weighted by Gasteiger charge is -2.21. The molecule has 0 bridgehead atoms. The largest absolute Gasteiger partial charge is 0.486 e. The van der Waals surface area contributed by atoms with E-state index in [4.69, 9.17) is 9.47 Å². The van der Waals surface area contributed by atoms with Crippen LogP contribution < -0.4 is 14.8 Å². The molecule has 1 N–H and O–H groups in total. The van der Waals surface area contributed by atoms with Gasteiger partial charge in [0, 0.05) is 11.4 Å². The van der Waals surface area contributed by atoms with E-state index in [1.54, 1.807) is 6.07 Å². The van der Waals surface area contributed by atoms with Crippen LogP contribution in [0.5, 0.6) is 11.5 Å². The van der Waals surface area contributed by atoms with E-state index in [9.17, 15) is 13.2 Å². The smallest absolute Gasteiger partial charge is 0.401 e. The molecule has 0 radical (unpaired) electrons. The quantitative estimate of drug-likeness (QED) is 0.865. The van der Waals surface area contributed by atoms with Gasteiger partial charge < -0.3 is 14.8 Å². The van der Waals surface area contributed by atoms with Crippen LogP contribution in [0.4, 0.5) is 13.2 Å². The second kappa shape index (κ2) is 5.92. The Hall–Kier alpha value is -1.08. The van der Waals surface area contributed by atoms with Crippen LogP contribution in [0.15, 0.2) is 17.0 Å². The highest BCUT2D eigenvalue weighted by atomic mass is 32.2. The third-order valence-electron chi connectivity index (χ3n) is 2.59. The van der Waals surface area contributed by atoms with Gasteiger partial charge in [-0.05, 0) is 24.0 Å². The summed E-state index contributed by atoms with van der Waals surface area (Å²) in [6.45, 7) is 0.0924. The third-order valence-corrected chi connectivity index (χ3v) is 3.41. The second-order valence-electron chi connectivity index (χ2n) is 4.03. The number of hydrogen-bond donors (Lipinski definition) is 1. The molecule has 0 fully saturated rings. The van der Waals surface area contributed by atoms with Crippen LogP contribution in [0.1, 0.15) is 5.56 Å². The lowest BCUT2D eigenvalue weighted by molar-refractivity contribution is -0.125. The summed E-state index contributed by atoms with van der Waals surface area (Å²) in [5.41, 5.74) is 0.779. The van der Waals surface area contributed by atoms with Gasteiger partial charge in [0.2, 0.25) is 0 Å². The minimum Gasteiger partial charge on any atom is -0.486 e. The zero-order valence-electron chi connectivity index (χ0n) is 10.3. The van der Waals surface area contributed by atoms with Crippen molar-refractivity contribution in [2.24, 2.45) is 0 Å². The van der Waals surface area contributed by atoms with Gasteiger partial charge in [0.1, 0.15) is 13.2 Å². The molecule has 0 spiro atoms. The van der Waals surface area contributed by atoms with Crippen LogP contribution in [-0.4, -0.2) is 32.2 Å². The maximum absolute atomic E-state index is 12.1. The van der Waals surface area contributed by atoms with Gasteiger partial charge in [0.05, 0.1) is 6.54 Å². The summed E-state index contributed by atoms with van der Waals surface area (Å²) in [5.74, 6) is 1.24. The monoisotopic (exact) mass is 293 g/mol. The number of ether oxygens (including phenoxy) is 2. The van der Waals surface area contributed by atoms with Crippen LogP contribution in [0.3, 0.4) is 0 Å². The molecular weight excluding hydrogens is 279 g/mol. The van der Waals surface area contributed by atoms with Gasteiger partial charge in [-0.2, -0.15) is 13.2 Å². The minimum absolute atomic E-state index is 0.145. The molecule has 0 aliphatic carbocycles. The van der Waals surface area contributed by atoms with Crippen LogP contribution >= 0.6 is 11.8 Å². The van der Waals surface area contributed by atoms with Crippen LogP contribution in [0.2, 0.25) is 0 Å². The van der Waals surface area contributed by atoms with Gasteiger partial charge in [0.25, 0.3) is 0 Å². The van der Waals surface area contributed by atoms with Crippen molar-refractivity contribution >= 4 is 11.8 Å². The van der Waals surface area contributed by atoms with Crippen molar-refractivity contribution in [3.63, 3.8) is 0 Å². The summed E-state index contributed by atoms with van der Waals surface area (Å²) < 4.78 is 47.2. The van der Waals surface area contributed by atoms with E-state index in [1.807, 2.05) is 12.3 Å². The zero-order chi connectivity index (χ0) is 13.9. The van der Waals surface area contributed by atoms with Crippen molar-refractivity contribution < 1.29 is 22.6 Å². The first kappa shape index (κ1) is 14.3. The molecule has 3 nitrogen and oxygen atoms in total. The van der Waals surface area contributed by atoms with Crippen molar-refractivity contribution in [2.75, 3.05) is 26.0 Å². The van der Waals surface area contributed by atoms with E-state index in [2.05, 4.69) is 5.32 Å². The van der Waals surface area contributed by atoms with Gasteiger partial charge in [-0.15, -0.1) is 11.8 Å². The second-order valence-corrected chi connectivity index (χ2v) is 4.87. The lowest BCUT2D eigenvalue weighted by atomic mass is 10.2. The summed E-state index contributed by atoms with van der Waals surface area (Å²) >= 11 is 1.47. The molecule has 7 heteroatoms. The Morgan fingerprint density at radius 3 is 2.42 bits per heavy atom. The van der Waals surface area contributed by atoms with E-state index in [1.165, 1.54) is 11.8 Å². The zero-order valence-corrected chi connectivity index (χ0v) is 11.2. The summed E-state index contributed by atoms with van der Waals surface area (Å²) in [6, 6.07) is 3.55. The van der Waals surface area contributed by atoms with E-state index in [-0.39, 0.29) is 6.54 Å². The molecule has 0 saturated carbocycles. The minimum atomic E-state index is -4.20. The SMILES string of the molecule is CSc1cc2c(cc1CNCC(F)(F)F)OCCO2. The first-order valence-electron chi connectivity index (χ1n) is 5.73. The molecule has 0 amide bonds. The van der Waals surface area contributed by atoms with Gasteiger partial charge in [-0.25, -0.2) is 0 Å². The standard InChI is InChI=1S/C12H14F3NO2S/c1-19-11-5-10-9(17-2-3-18-10)4-8(11)6-16-7-12(13,14)15/h4-5,16H,2-3,6-7H2,1H3. The van der Waals surface area contributed by atoms with Gasteiger partial charge in [-0.3, -0.25) is 0 Å². The molecule has 0 saturated heterocycles. The molecule has 0 atom stereocenters. The van der Waals surface area contributed by atoms with Crippen molar-refractivity contribution in [3.8, 4) is 11.5 Å². The number of nitrogens with one attached hydrogen (secondary N) is 1. The highest BCUT2D eigenvalue weighted by molar-refractivity contribution is 7.98. The van der Waals surface area contributed by atoms with Crippen molar-refractivity contribution in [1.29, 1.82) is 0 Å². The Kier molecular flexibility index (Phi) is 4.46. The molecule has 2 rings (SSSR count). The molecule has 0 aromatic heterocycles. The fourth-order valence-electron chi connectivity index (χ4n) is 1.78. The Morgan fingerprint density at radius 2 is 1.84 bits per heavy atom. The molecular formula is C12H14F3NO2S. The maximum Gasteiger partial charge on any atom is 0.401 e. The number of fused-ring (bicyclic) bond motifs is 1. The van der Waals surface area contributed by atoms with E-state index in [0.717, 1.165) is 10.5 Å². The fraction of sp³-hybridized carbons (Fsp3) is 0.500. The lowest BCUT2D eigenvalue weighted by Crippen LogP contribution is -2.28. The van der Waals surface area contributed by atoms with Gasteiger partial charge in [-0.1, -0.05) is 0 Å². The average molecular weight is 293 g/mol. The van der Waals surface area contributed by atoms with Crippen LogP contribution in [0, 0.1) is 0 Å². The van der Waals surface area contributed by atoms with Crippen molar-refractivity contribution in [2.45, 2.75) is 17.6 Å². The van der Waals surface area contributed by atoms with Crippen LogP contribution in [-0.2, 0) is 6.54 Å². The molecule has 1 aromatic carbocycles. The summed E-state index contributed by atoms with van der Waals surface area (Å²) in [7, 11) is 0. The number of rotatable bonds is 4. The molecule has 0 unspecified atom stereocenters. The highest BCUT2D eigenvalue weighted by Gasteiger charge is 2.26. The van der Waals surface area contributed by atoms with E-state index < -0.39 is 12.7 Å². The Labute approximate surface area is 113 Å². The molecule has 1 aromatic rings. The number of alkyl halides is 3.